The summed E-state index contributed by atoms with van der Waals surface area (Å²) in [6, 6.07) is 13.0. The first-order valence-electron chi connectivity index (χ1n) is 6.39. The van der Waals surface area contributed by atoms with Gasteiger partial charge in [-0.15, -0.1) is 0 Å². The van der Waals surface area contributed by atoms with Crippen molar-refractivity contribution in [2.75, 3.05) is 4.90 Å². The van der Waals surface area contributed by atoms with Crippen LogP contribution in [0.4, 0.5) is 10.1 Å². The summed E-state index contributed by atoms with van der Waals surface area (Å²) in [5.41, 5.74) is 0.760. The number of amides is 1. The molecule has 0 saturated carbocycles. The summed E-state index contributed by atoms with van der Waals surface area (Å²) >= 11 is 7.06. The predicted molar refractivity (Wildman–Crippen MR) is 88.6 cm³/mol. The van der Waals surface area contributed by atoms with Crippen LogP contribution in [0.2, 0.25) is 5.02 Å². The molecular weight excluding hydrogens is 323 g/mol. The van der Waals surface area contributed by atoms with E-state index >= 15 is 0 Å². The maximum Gasteiger partial charge on any atom is 0.271 e. The van der Waals surface area contributed by atoms with Crippen molar-refractivity contribution in [1.82, 2.24) is 0 Å². The summed E-state index contributed by atoms with van der Waals surface area (Å²) in [6.45, 7) is 0. The van der Waals surface area contributed by atoms with Gasteiger partial charge in [0, 0.05) is 5.02 Å². The van der Waals surface area contributed by atoms with E-state index in [-0.39, 0.29) is 10.9 Å². The van der Waals surface area contributed by atoms with Crippen LogP contribution in [-0.2, 0) is 4.79 Å². The molecule has 0 spiro atoms. The van der Waals surface area contributed by atoms with Crippen molar-refractivity contribution in [3.63, 3.8) is 0 Å². The normalized spacial score (nSPS) is 16.6. The average Bonchev–Trinajstić information content (AvgIpc) is 2.77. The molecule has 1 N–H and O–H groups in total. The fraction of sp³-hybridized carbons (Fsp3) is 0. The number of nitrogens with one attached hydrogen (secondary N) is 1. The lowest BCUT2D eigenvalue weighted by atomic mass is 10.2. The summed E-state index contributed by atoms with van der Waals surface area (Å²) in [6.07, 6.45) is 1.62. The van der Waals surface area contributed by atoms with Gasteiger partial charge < -0.3 is 0 Å². The molecule has 1 heterocycles. The molecule has 110 valence electrons. The molecule has 0 bridgehead atoms. The zero-order chi connectivity index (χ0) is 15.7. The monoisotopic (exact) mass is 332 g/mol. The highest BCUT2D eigenvalue weighted by molar-refractivity contribution is 8.19. The summed E-state index contributed by atoms with van der Waals surface area (Å²) in [5, 5.41) is 8.43. The van der Waals surface area contributed by atoms with Crippen molar-refractivity contribution in [1.29, 1.82) is 5.41 Å². The molecule has 3 rings (SSSR count). The lowest BCUT2D eigenvalue weighted by Gasteiger charge is -2.14. The van der Waals surface area contributed by atoms with Gasteiger partial charge in [-0.3, -0.25) is 15.1 Å². The Bertz CT molecular complexity index is 806. The van der Waals surface area contributed by atoms with E-state index in [1.807, 2.05) is 6.07 Å². The van der Waals surface area contributed by atoms with Gasteiger partial charge >= 0.3 is 0 Å². The van der Waals surface area contributed by atoms with Crippen LogP contribution in [0.1, 0.15) is 5.56 Å². The molecule has 2 aromatic carbocycles. The first-order valence-corrected chi connectivity index (χ1v) is 7.59. The average molecular weight is 333 g/mol. The molecule has 3 nitrogen and oxygen atoms in total. The smallest absolute Gasteiger partial charge is 0.271 e. The molecule has 0 radical (unpaired) electrons. The number of amidine groups is 1. The van der Waals surface area contributed by atoms with Gasteiger partial charge in [0.2, 0.25) is 0 Å². The lowest BCUT2D eigenvalue weighted by Crippen LogP contribution is -2.28. The third kappa shape index (κ3) is 2.65. The molecule has 0 aliphatic carbocycles. The second-order valence-corrected chi connectivity index (χ2v) is 5.97. The molecule has 2 aromatic rings. The highest BCUT2D eigenvalue weighted by atomic mass is 35.5. The van der Waals surface area contributed by atoms with Crippen LogP contribution in [0.3, 0.4) is 0 Å². The van der Waals surface area contributed by atoms with Crippen LogP contribution in [0.15, 0.2) is 53.4 Å². The molecule has 0 unspecified atom stereocenters. The van der Waals surface area contributed by atoms with E-state index in [1.165, 1.54) is 18.2 Å². The number of rotatable bonds is 2. The maximum absolute atomic E-state index is 13.9. The van der Waals surface area contributed by atoms with Gasteiger partial charge in [0.15, 0.2) is 5.17 Å². The van der Waals surface area contributed by atoms with E-state index < -0.39 is 11.7 Å². The van der Waals surface area contributed by atoms with Crippen molar-refractivity contribution >= 4 is 46.2 Å². The molecule has 1 aliphatic heterocycles. The maximum atomic E-state index is 13.9. The second kappa shape index (κ2) is 5.94. The number of nitrogens with zero attached hydrogens (tertiary/aromatic N) is 1. The standard InChI is InChI=1S/C16H10ClFN2OS/c17-11-6-2-1-5-10(11)9-14-15(21)20(16(19)22-14)13-8-4-3-7-12(13)18/h1-9,19H. The van der Waals surface area contributed by atoms with E-state index in [4.69, 9.17) is 17.0 Å². The Morgan fingerprint density at radius 3 is 2.55 bits per heavy atom. The van der Waals surface area contributed by atoms with Gasteiger partial charge in [0.25, 0.3) is 5.91 Å². The topological polar surface area (TPSA) is 44.2 Å². The third-order valence-corrected chi connectivity index (χ3v) is 4.34. The van der Waals surface area contributed by atoms with E-state index in [0.29, 0.717) is 15.5 Å². The fourth-order valence-electron chi connectivity index (χ4n) is 2.07. The van der Waals surface area contributed by atoms with Crippen LogP contribution in [-0.4, -0.2) is 11.1 Å². The summed E-state index contributed by atoms with van der Waals surface area (Å²) in [4.78, 5) is 13.9. The number of thioether (sulfide) groups is 1. The number of hydrogen-bond acceptors (Lipinski definition) is 3. The first kappa shape index (κ1) is 14.8. The molecule has 1 amide bonds. The van der Waals surface area contributed by atoms with Gasteiger partial charge in [0.05, 0.1) is 10.6 Å². The second-order valence-electron chi connectivity index (χ2n) is 4.53. The molecule has 22 heavy (non-hydrogen) atoms. The third-order valence-electron chi connectivity index (χ3n) is 3.11. The summed E-state index contributed by atoms with van der Waals surface area (Å²) in [5.74, 6) is -0.972. The molecular formula is C16H10ClFN2OS. The lowest BCUT2D eigenvalue weighted by molar-refractivity contribution is -0.113. The molecule has 1 aliphatic rings. The number of para-hydroxylation sites is 1. The zero-order valence-electron chi connectivity index (χ0n) is 11.2. The molecule has 6 heteroatoms. The van der Waals surface area contributed by atoms with Crippen LogP contribution in [0.5, 0.6) is 0 Å². The number of carbonyl (C=O) groups is 1. The summed E-state index contributed by atoms with van der Waals surface area (Å²) < 4.78 is 13.9. The highest BCUT2D eigenvalue weighted by Crippen LogP contribution is 2.36. The number of carbonyl (C=O) groups excluding carboxylic acids is 1. The Labute approximate surface area is 135 Å². The van der Waals surface area contributed by atoms with Gasteiger partial charge in [0.1, 0.15) is 5.82 Å². The van der Waals surface area contributed by atoms with E-state index in [0.717, 1.165) is 16.7 Å². The van der Waals surface area contributed by atoms with Gasteiger partial charge in [-0.25, -0.2) is 4.39 Å². The van der Waals surface area contributed by atoms with E-state index in [2.05, 4.69) is 0 Å². The van der Waals surface area contributed by atoms with Crippen molar-refractivity contribution in [3.8, 4) is 0 Å². The van der Waals surface area contributed by atoms with Crippen LogP contribution < -0.4 is 4.90 Å². The van der Waals surface area contributed by atoms with Crippen molar-refractivity contribution in [2.24, 2.45) is 0 Å². The minimum atomic E-state index is -0.541. The highest BCUT2D eigenvalue weighted by Gasteiger charge is 2.34. The van der Waals surface area contributed by atoms with E-state index in [9.17, 15) is 9.18 Å². The van der Waals surface area contributed by atoms with Crippen molar-refractivity contribution in [3.05, 3.63) is 69.8 Å². The number of anilines is 1. The Hall–Kier alpha value is -2.11. The largest absolute Gasteiger partial charge is 0.278 e. The van der Waals surface area contributed by atoms with Crippen LogP contribution >= 0.6 is 23.4 Å². The van der Waals surface area contributed by atoms with Gasteiger partial charge in [-0.1, -0.05) is 41.9 Å². The Morgan fingerprint density at radius 1 is 1.14 bits per heavy atom. The molecule has 1 fully saturated rings. The minimum Gasteiger partial charge on any atom is -0.278 e. The fourth-order valence-corrected chi connectivity index (χ4v) is 3.11. The van der Waals surface area contributed by atoms with E-state index in [1.54, 1.807) is 30.3 Å². The first-order chi connectivity index (χ1) is 10.6. The van der Waals surface area contributed by atoms with Crippen molar-refractivity contribution in [2.45, 2.75) is 0 Å². The Kier molecular flexibility index (Phi) is 4.00. The minimum absolute atomic E-state index is 0.0339. The molecule has 0 aromatic heterocycles. The Morgan fingerprint density at radius 2 is 1.82 bits per heavy atom. The van der Waals surface area contributed by atoms with Crippen molar-refractivity contribution < 1.29 is 9.18 Å². The van der Waals surface area contributed by atoms with Gasteiger partial charge in [-0.05, 0) is 41.6 Å². The van der Waals surface area contributed by atoms with Gasteiger partial charge in [-0.2, -0.15) is 0 Å². The SMILES string of the molecule is N=C1SC(=Cc2ccccc2Cl)C(=O)N1c1ccccc1F. The van der Waals surface area contributed by atoms with Crippen LogP contribution in [0, 0.1) is 11.2 Å². The molecule has 1 saturated heterocycles. The van der Waals surface area contributed by atoms with Crippen LogP contribution in [0.25, 0.3) is 6.08 Å². The molecule has 0 atom stereocenters. The number of halogens is 2. The number of benzene rings is 2. The zero-order valence-corrected chi connectivity index (χ0v) is 12.8. The predicted octanol–water partition coefficient (Wildman–Crippen LogP) is 4.53. The number of hydrogen-bond donors (Lipinski definition) is 1. The summed E-state index contributed by atoms with van der Waals surface area (Å²) in [7, 11) is 0. The quantitative estimate of drug-likeness (QED) is 0.821. The Balaban J connectivity index is 1.99.